The van der Waals surface area contributed by atoms with Crippen LogP contribution in [0.4, 0.5) is 0 Å². The lowest BCUT2D eigenvalue weighted by molar-refractivity contribution is 0.0900. The molecule has 3 aromatic rings. The third-order valence-corrected chi connectivity index (χ3v) is 5.05. The standard InChI is InChI=1S/C18H18N4O2S/c1-24-13-5-2-4-12(8-13)15-9-16-18(23)20-11-17(22(16)21-15)19-10-14-6-3-7-25-14/h2-9,17,19H,10-11H2,1H3,(H,20,23)/t17-/m1/s1. The summed E-state index contributed by atoms with van der Waals surface area (Å²) in [7, 11) is 1.63. The maximum atomic E-state index is 12.2. The van der Waals surface area contributed by atoms with Crippen molar-refractivity contribution in [1.82, 2.24) is 20.4 Å². The van der Waals surface area contributed by atoms with E-state index in [-0.39, 0.29) is 12.1 Å². The van der Waals surface area contributed by atoms with E-state index in [1.807, 2.05) is 36.4 Å². The van der Waals surface area contributed by atoms with Crippen LogP contribution in [-0.2, 0) is 6.54 Å². The first-order chi connectivity index (χ1) is 12.2. The molecule has 2 N–H and O–H groups in total. The molecule has 25 heavy (non-hydrogen) atoms. The number of hydrogen-bond donors (Lipinski definition) is 2. The van der Waals surface area contributed by atoms with Gasteiger partial charge in [-0.2, -0.15) is 5.10 Å². The Kier molecular flexibility index (Phi) is 4.25. The first kappa shape index (κ1) is 15.9. The van der Waals surface area contributed by atoms with Gasteiger partial charge in [-0.25, -0.2) is 4.68 Å². The Balaban J connectivity index is 1.62. The number of thiophene rings is 1. The van der Waals surface area contributed by atoms with Crippen LogP contribution in [0, 0.1) is 0 Å². The molecule has 0 unspecified atom stereocenters. The molecule has 1 aromatic carbocycles. The third kappa shape index (κ3) is 3.16. The molecule has 0 spiro atoms. The van der Waals surface area contributed by atoms with Crippen LogP contribution in [0.3, 0.4) is 0 Å². The van der Waals surface area contributed by atoms with E-state index >= 15 is 0 Å². The number of fused-ring (bicyclic) bond motifs is 1. The predicted octanol–water partition coefficient (Wildman–Crippen LogP) is 2.65. The number of carbonyl (C=O) groups is 1. The topological polar surface area (TPSA) is 68.2 Å². The highest BCUT2D eigenvalue weighted by atomic mass is 32.1. The highest BCUT2D eigenvalue weighted by molar-refractivity contribution is 7.09. The fourth-order valence-electron chi connectivity index (χ4n) is 2.88. The van der Waals surface area contributed by atoms with Crippen molar-refractivity contribution in [2.75, 3.05) is 13.7 Å². The fraction of sp³-hybridized carbons (Fsp3) is 0.222. The number of aromatic nitrogens is 2. The van der Waals surface area contributed by atoms with Crippen LogP contribution < -0.4 is 15.4 Å². The lowest BCUT2D eigenvalue weighted by atomic mass is 10.1. The van der Waals surface area contributed by atoms with Crippen molar-refractivity contribution in [2.24, 2.45) is 0 Å². The molecule has 0 saturated carbocycles. The maximum absolute atomic E-state index is 12.2. The molecule has 1 aliphatic heterocycles. The normalized spacial score (nSPS) is 16.4. The van der Waals surface area contributed by atoms with Gasteiger partial charge in [-0.15, -0.1) is 11.3 Å². The van der Waals surface area contributed by atoms with E-state index < -0.39 is 0 Å². The van der Waals surface area contributed by atoms with Gasteiger partial charge in [0.25, 0.3) is 5.91 Å². The Morgan fingerprint density at radius 1 is 1.36 bits per heavy atom. The molecule has 0 saturated heterocycles. The van der Waals surface area contributed by atoms with E-state index in [1.54, 1.807) is 23.1 Å². The van der Waals surface area contributed by atoms with Crippen molar-refractivity contribution in [2.45, 2.75) is 12.7 Å². The van der Waals surface area contributed by atoms with Gasteiger partial charge < -0.3 is 10.1 Å². The van der Waals surface area contributed by atoms with Crippen molar-refractivity contribution in [3.63, 3.8) is 0 Å². The molecule has 6 nitrogen and oxygen atoms in total. The van der Waals surface area contributed by atoms with Gasteiger partial charge in [0.15, 0.2) is 0 Å². The number of rotatable bonds is 5. The minimum Gasteiger partial charge on any atom is -0.497 e. The summed E-state index contributed by atoms with van der Waals surface area (Å²) in [6, 6.07) is 13.6. The second-order valence-corrected chi connectivity index (χ2v) is 6.81. The van der Waals surface area contributed by atoms with Crippen LogP contribution >= 0.6 is 11.3 Å². The summed E-state index contributed by atoms with van der Waals surface area (Å²) in [5.41, 5.74) is 2.24. The number of hydrogen-bond acceptors (Lipinski definition) is 5. The number of ether oxygens (including phenoxy) is 1. The fourth-order valence-corrected chi connectivity index (χ4v) is 3.54. The van der Waals surface area contributed by atoms with E-state index in [2.05, 4.69) is 27.2 Å². The van der Waals surface area contributed by atoms with Gasteiger partial charge in [-0.3, -0.25) is 10.1 Å². The van der Waals surface area contributed by atoms with Crippen LogP contribution in [0.15, 0.2) is 47.8 Å². The van der Waals surface area contributed by atoms with Crippen molar-refractivity contribution in [1.29, 1.82) is 0 Å². The molecule has 2 aromatic heterocycles. The summed E-state index contributed by atoms with van der Waals surface area (Å²) in [6.45, 7) is 1.25. The Hall–Kier alpha value is -2.64. The summed E-state index contributed by atoms with van der Waals surface area (Å²) in [5, 5.41) is 13.1. The van der Waals surface area contributed by atoms with E-state index in [9.17, 15) is 4.79 Å². The molecule has 0 radical (unpaired) electrons. The predicted molar refractivity (Wildman–Crippen MR) is 96.7 cm³/mol. The number of carbonyl (C=O) groups excluding carboxylic acids is 1. The Labute approximate surface area is 149 Å². The van der Waals surface area contributed by atoms with Crippen molar-refractivity contribution >= 4 is 17.2 Å². The SMILES string of the molecule is COc1cccc(-c2cc3n(n2)[C@@H](NCc2cccs2)CNC3=O)c1. The zero-order chi connectivity index (χ0) is 17.2. The molecule has 1 atom stereocenters. The zero-order valence-corrected chi connectivity index (χ0v) is 14.5. The van der Waals surface area contributed by atoms with Gasteiger partial charge in [0.2, 0.25) is 0 Å². The van der Waals surface area contributed by atoms with Crippen LogP contribution in [-0.4, -0.2) is 29.3 Å². The summed E-state index contributed by atoms with van der Waals surface area (Å²) >= 11 is 1.71. The van der Waals surface area contributed by atoms with E-state index in [0.717, 1.165) is 23.6 Å². The third-order valence-electron chi connectivity index (χ3n) is 4.18. The van der Waals surface area contributed by atoms with Crippen LogP contribution in [0.5, 0.6) is 5.75 Å². The molecule has 7 heteroatoms. The highest BCUT2D eigenvalue weighted by Gasteiger charge is 2.27. The number of amides is 1. The quantitative estimate of drug-likeness (QED) is 0.739. The average molecular weight is 354 g/mol. The van der Waals surface area contributed by atoms with E-state index in [1.165, 1.54) is 4.88 Å². The number of benzene rings is 1. The second kappa shape index (κ2) is 6.70. The molecule has 3 heterocycles. The zero-order valence-electron chi connectivity index (χ0n) is 13.7. The van der Waals surface area contributed by atoms with Crippen molar-refractivity contribution < 1.29 is 9.53 Å². The number of nitrogens with zero attached hydrogens (tertiary/aromatic N) is 2. The molecule has 4 rings (SSSR count). The Morgan fingerprint density at radius 2 is 2.28 bits per heavy atom. The molecule has 1 aliphatic rings. The monoisotopic (exact) mass is 354 g/mol. The summed E-state index contributed by atoms with van der Waals surface area (Å²) < 4.78 is 7.05. The smallest absolute Gasteiger partial charge is 0.269 e. The van der Waals surface area contributed by atoms with Gasteiger partial charge in [0.1, 0.15) is 17.6 Å². The molecule has 0 fully saturated rings. The molecule has 128 valence electrons. The first-order valence-corrected chi connectivity index (χ1v) is 8.90. The second-order valence-electron chi connectivity index (χ2n) is 5.78. The van der Waals surface area contributed by atoms with Crippen molar-refractivity contribution in [3.05, 3.63) is 58.4 Å². The van der Waals surface area contributed by atoms with Crippen LogP contribution in [0.2, 0.25) is 0 Å². The Bertz CT molecular complexity index is 888. The maximum Gasteiger partial charge on any atom is 0.269 e. The average Bonchev–Trinajstić information content (AvgIpc) is 3.31. The molecule has 1 amide bonds. The summed E-state index contributed by atoms with van der Waals surface area (Å²) in [6.07, 6.45) is -0.0749. The lowest BCUT2D eigenvalue weighted by Crippen LogP contribution is -2.45. The van der Waals surface area contributed by atoms with Gasteiger partial charge in [0, 0.05) is 17.0 Å². The molecule has 0 bridgehead atoms. The van der Waals surface area contributed by atoms with E-state index in [4.69, 9.17) is 4.74 Å². The van der Waals surface area contributed by atoms with Gasteiger partial charge in [-0.1, -0.05) is 18.2 Å². The Morgan fingerprint density at radius 3 is 3.08 bits per heavy atom. The molecular formula is C18H18N4O2S. The minimum atomic E-state index is -0.101. The van der Waals surface area contributed by atoms with Crippen LogP contribution in [0.1, 0.15) is 21.5 Å². The van der Waals surface area contributed by atoms with Crippen molar-refractivity contribution in [3.8, 4) is 17.0 Å². The van der Waals surface area contributed by atoms with E-state index in [0.29, 0.717) is 12.2 Å². The largest absolute Gasteiger partial charge is 0.497 e. The number of methoxy groups -OCH3 is 1. The highest BCUT2D eigenvalue weighted by Crippen LogP contribution is 2.26. The molecular weight excluding hydrogens is 336 g/mol. The van der Waals surface area contributed by atoms with Gasteiger partial charge in [-0.05, 0) is 29.6 Å². The summed E-state index contributed by atoms with van der Waals surface area (Å²) in [5.74, 6) is 0.663. The molecule has 0 aliphatic carbocycles. The number of nitrogens with one attached hydrogen (secondary N) is 2. The lowest BCUT2D eigenvalue weighted by Gasteiger charge is -2.25. The first-order valence-electron chi connectivity index (χ1n) is 8.02. The van der Waals surface area contributed by atoms with Gasteiger partial charge in [0.05, 0.1) is 19.3 Å². The minimum absolute atomic E-state index is 0.0749. The van der Waals surface area contributed by atoms with Crippen LogP contribution in [0.25, 0.3) is 11.3 Å². The van der Waals surface area contributed by atoms with Gasteiger partial charge >= 0.3 is 0 Å². The summed E-state index contributed by atoms with van der Waals surface area (Å²) in [4.78, 5) is 13.5.